The monoisotopic (exact) mass is 862 g/mol. The predicted octanol–water partition coefficient (Wildman–Crippen LogP) is 14.5. The first kappa shape index (κ1) is 39.2. The van der Waals surface area contributed by atoms with Crippen LogP contribution in [0.25, 0.3) is 22.3 Å². The molecule has 2 fully saturated rings. The minimum absolute atomic E-state index is 0.127. The Morgan fingerprint density at radius 1 is 0.708 bits per heavy atom. The Kier molecular flexibility index (Phi) is 9.34. The molecular weight excluding hydrogens is 809 g/mol. The van der Waals surface area contributed by atoms with Gasteiger partial charge in [-0.3, -0.25) is 0 Å². The molecule has 5 heteroatoms. The van der Waals surface area contributed by atoms with Crippen LogP contribution in [0.15, 0.2) is 206 Å². The molecule has 4 nitrogen and oxygen atoms in total. The molecule has 4 atom stereocenters. The highest BCUT2D eigenvalue weighted by molar-refractivity contribution is 8.07. The topological polar surface area (TPSA) is 31.0 Å². The fourth-order valence-corrected chi connectivity index (χ4v) is 13.6. The molecule has 0 bridgehead atoms. The van der Waals surface area contributed by atoms with E-state index < -0.39 is 5.66 Å². The van der Waals surface area contributed by atoms with Crippen molar-refractivity contribution in [1.82, 2.24) is 4.90 Å². The quantitative estimate of drug-likeness (QED) is 0.222. The standard InChI is InChI=1S/C60H54N4S/c1-59-34-18-17-29-56(59)65-55-38-54-49(37-51(55)59)47-27-15-16-28-52(47)64(54)53-33-31-44(48-35-43(40-19-9-4-10-20-40)30-32-46(48)41-21-7-2-3-8-22-41)36-50(53)58-61-57(42-23-11-5-12-24-42)62-60(39-63(58)60)45-25-13-6-14-26-45/h2-3,5-7,9,11-13,15,19-25,27,29-33,35-38,49,54H,4,8,10,14,16-18,26,28,34,39H2,1H3. The van der Waals surface area contributed by atoms with Crippen molar-refractivity contribution >= 4 is 40.3 Å². The lowest BCUT2D eigenvalue weighted by atomic mass is 9.71. The van der Waals surface area contributed by atoms with Gasteiger partial charge in [-0.25, -0.2) is 9.98 Å². The highest BCUT2D eigenvalue weighted by Crippen LogP contribution is 2.64. The number of allylic oxidation sites excluding steroid dienone is 19. The molecule has 0 aromatic heterocycles. The Morgan fingerprint density at radius 3 is 2.49 bits per heavy atom. The van der Waals surface area contributed by atoms with Crippen LogP contribution in [-0.4, -0.2) is 34.8 Å². The number of benzene rings is 3. The SMILES string of the molecule is CC12CCCC=C1SC1=CC3C(C=C12)C1=C(CCC=C1)N3c1ccc(-c2cc(C3=CCCC=C3)ccc2C2=CCC=CC=C2)cc1C1=NC(c2ccccc2)=NC2(C3=CC=CCC3)CN12. The third-order valence-corrected chi connectivity index (χ3v) is 16.9. The smallest absolute Gasteiger partial charge is 0.175 e. The number of fused-ring (bicyclic) bond motifs is 6. The zero-order valence-electron chi connectivity index (χ0n) is 37.2. The Balaban J connectivity index is 1.03. The number of rotatable bonds is 7. The Hall–Kier alpha value is -6.17. The minimum Gasteiger partial charge on any atom is -0.336 e. The second kappa shape index (κ2) is 15.5. The van der Waals surface area contributed by atoms with Gasteiger partial charge in [-0.2, -0.15) is 0 Å². The van der Waals surface area contributed by atoms with Crippen molar-refractivity contribution < 1.29 is 0 Å². The van der Waals surface area contributed by atoms with Crippen molar-refractivity contribution in [1.29, 1.82) is 0 Å². The maximum absolute atomic E-state index is 5.69. The van der Waals surface area contributed by atoms with Gasteiger partial charge >= 0.3 is 0 Å². The third kappa shape index (κ3) is 6.40. The lowest BCUT2D eigenvalue weighted by Gasteiger charge is -2.36. The van der Waals surface area contributed by atoms with Crippen LogP contribution in [0.2, 0.25) is 0 Å². The molecule has 0 N–H and O–H groups in total. The summed E-state index contributed by atoms with van der Waals surface area (Å²) >= 11 is 2.05. The summed E-state index contributed by atoms with van der Waals surface area (Å²) in [5.41, 5.74) is 16.6. The highest BCUT2D eigenvalue weighted by atomic mass is 32.2. The van der Waals surface area contributed by atoms with Crippen LogP contribution in [0.5, 0.6) is 0 Å². The Labute approximate surface area is 388 Å². The average molecular weight is 863 g/mol. The van der Waals surface area contributed by atoms with Crippen molar-refractivity contribution in [2.45, 2.75) is 82.8 Å². The van der Waals surface area contributed by atoms with Crippen molar-refractivity contribution in [3.63, 3.8) is 0 Å². The summed E-state index contributed by atoms with van der Waals surface area (Å²) in [4.78, 5) is 19.6. The van der Waals surface area contributed by atoms with Crippen LogP contribution in [0, 0.1) is 11.3 Å². The van der Waals surface area contributed by atoms with Crippen LogP contribution in [0.1, 0.15) is 93.4 Å². The van der Waals surface area contributed by atoms with Gasteiger partial charge in [0.25, 0.3) is 0 Å². The van der Waals surface area contributed by atoms with E-state index in [1.165, 1.54) is 85.7 Å². The zero-order valence-corrected chi connectivity index (χ0v) is 38.0. The first-order valence-corrected chi connectivity index (χ1v) is 25.0. The maximum atomic E-state index is 5.69. The maximum Gasteiger partial charge on any atom is 0.175 e. The number of aliphatic imine (C=N–C) groups is 2. The van der Waals surface area contributed by atoms with Gasteiger partial charge < -0.3 is 9.80 Å². The molecule has 320 valence electrons. The molecule has 65 heavy (non-hydrogen) atoms. The molecule has 10 aliphatic rings. The van der Waals surface area contributed by atoms with Gasteiger partial charge in [0.1, 0.15) is 5.84 Å². The Bertz CT molecular complexity index is 3020. The van der Waals surface area contributed by atoms with Crippen LogP contribution in [-0.2, 0) is 0 Å². The molecule has 6 aliphatic carbocycles. The number of thioether (sulfide) groups is 1. The fraction of sp³-hybridized carbons (Fsp3) is 0.267. The number of hydrogen-bond donors (Lipinski definition) is 0. The molecule has 0 amide bonds. The molecule has 3 aromatic rings. The average Bonchev–Trinajstić information content (AvgIpc) is 4.04. The Morgan fingerprint density at radius 2 is 1.60 bits per heavy atom. The van der Waals surface area contributed by atoms with Gasteiger partial charge in [0.05, 0.1) is 18.3 Å². The highest BCUT2D eigenvalue weighted by Gasteiger charge is 2.59. The van der Waals surface area contributed by atoms with E-state index in [9.17, 15) is 0 Å². The predicted molar refractivity (Wildman–Crippen MR) is 273 cm³/mol. The van der Waals surface area contributed by atoms with Crippen LogP contribution >= 0.6 is 11.8 Å². The number of hydrogen-bond acceptors (Lipinski definition) is 5. The first-order valence-electron chi connectivity index (χ1n) is 24.2. The molecule has 4 heterocycles. The second-order valence-electron chi connectivity index (χ2n) is 19.3. The van der Waals surface area contributed by atoms with E-state index >= 15 is 0 Å². The zero-order chi connectivity index (χ0) is 43.1. The van der Waals surface area contributed by atoms with Crippen molar-refractivity contribution in [3.05, 3.63) is 218 Å². The van der Waals surface area contributed by atoms with Gasteiger partial charge in [-0.05, 0) is 144 Å². The van der Waals surface area contributed by atoms with Gasteiger partial charge in [-0.1, -0.05) is 158 Å². The van der Waals surface area contributed by atoms with E-state index in [0.717, 1.165) is 68.7 Å². The number of anilines is 1. The molecule has 4 unspecified atom stereocenters. The second-order valence-corrected chi connectivity index (χ2v) is 20.4. The summed E-state index contributed by atoms with van der Waals surface area (Å²) in [7, 11) is 0. The molecule has 2 saturated heterocycles. The summed E-state index contributed by atoms with van der Waals surface area (Å²) in [6.07, 6.45) is 48.8. The lowest BCUT2D eigenvalue weighted by Crippen LogP contribution is -2.37. The van der Waals surface area contributed by atoms with Crippen molar-refractivity contribution in [2.24, 2.45) is 21.3 Å². The summed E-state index contributed by atoms with van der Waals surface area (Å²) in [5.74, 6) is 2.14. The van der Waals surface area contributed by atoms with Crippen molar-refractivity contribution in [3.8, 4) is 11.1 Å². The lowest BCUT2D eigenvalue weighted by molar-refractivity contribution is 0.432. The normalized spacial score (nSPS) is 28.1. The van der Waals surface area contributed by atoms with Gasteiger partial charge in [0.2, 0.25) is 0 Å². The molecule has 0 radical (unpaired) electrons. The molecule has 13 rings (SSSR count). The van der Waals surface area contributed by atoms with E-state index in [2.05, 4.69) is 181 Å². The third-order valence-electron chi connectivity index (χ3n) is 15.5. The molecule has 4 aliphatic heterocycles. The fourth-order valence-electron chi connectivity index (χ4n) is 12.1. The largest absolute Gasteiger partial charge is 0.336 e. The minimum atomic E-state index is -0.440. The van der Waals surface area contributed by atoms with Crippen LogP contribution in [0.3, 0.4) is 0 Å². The summed E-state index contributed by atoms with van der Waals surface area (Å²) in [5, 5.41) is 0. The van der Waals surface area contributed by atoms with Crippen LogP contribution in [0.4, 0.5) is 5.69 Å². The van der Waals surface area contributed by atoms with E-state index in [-0.39, 0.29) is 11.5 Å². The molecule has 0 saturated carbocycles. The van der Waals surface area contributed by atoms with Crippen LogP contribution < -0.4 is 4.90 Å². The van der Waals surface area contributed by atoms with Gasteiger partial charge in [0, 0.05) is 33.1 Å². The van der Waals surface area contributed by atoms with E-state index in [4.69, 9.17) is 9.98 Å². The van der Waals surface area contributed by atoms with E-state index in [1.54, 1.807) is 10.5 Å². The summed E-state index contributed by atoms with van der Waals surface area (Å²) in [6.45, 7) is 3.33. The first-order chi connectivity index (χ1) is 32.1. The van der Waals surface area contributed by atoms with Gasteiger partial charge in [-0.15, -0.1) is 0 Å². The van der Waals surface area contributed by atoms with E-state index in [1.807, 2.05) is 11.8 Å². The number of nitrogens with zero attached hydrogens (tertiary/aromatic N) is 4. The van der Waals surface area contributed by atoms with Gasteiger partial charge in [0.15, 0.2) is 11.5 Å². The van der Waals surface area contributed by atoms with E-state index in [0.29, 0.717) is 5.92 Å². The van der Waals surface area contributed by atoms with Crippen molar-refractivity contribution in [2.75, 3.05) is 11.4 Å². The molecular formula is C60H54N4S. The number of amidine groups is 2. The summed E-state index contributed by atoms with van der Waals surface area (Å²) < 4.78 is 0. The molecule has 3 aromatic carbocycles. The molecule has 0 spiro atoms. The summed E-state index contributed by atoms with van der Waals surface area (Å²) in [6, 6.07) is 25.4.